The molecule has 142 valence electrons. The van der Waals surface area contributed by atoms with Gasteiger partial charge in [0.05, 0.1) is 17.8 Å². The largest absolute Gasteiger partial charge is 0.350 e. The molecule has 0 bridgehead atoms. The zero-order valence-corrected chi connectivity index (χ0v) is 16.1. The normalized spacial score (nSPS) is 14.4. The molecule has 0 unspecified atom stereocenters. The van der Waals surface area contributed by atoms with Crippen molar-refractivity contribution < 1.29 is 4.79 Å². The third-order valence-electron chi connectivity index (χ3n) is 4.91. The number of aromatic nitrogens is 2. The SMILES string of the molecule is C#CCCC1(CCC(=O)NCc2nn(CCC(C)C)c3ccccc23)N=N1. The van der Waals surface area contributed by atoms with Crippen LogP contribution in [-0.2, 0) is 17.9 Å². The van der Waals surface area contributed by atoms with E-state index in [0.29, 0.717) is 31.7 Å². The van der Waals surface area contributed by atoms with Gasteiger partial charge >= 0.3 is 0 Å². The van der Waals surface area contributed by atoms with E-state index in [1.165, 1.54) is 0 Å². The van der Waals surface area contributed by atoms with Crippen molar-refractivity contribution in [3.63, 3.8) is 0 Å². The molecule has 6 heteroatoms. The number of fused-ring (bicyclic) bond motifs is 1. The molecule has 1 aromatic heterocycles. The summed E-state index contributed by atoms with van der Waals surface area (Å²) >= 11 is 0. The molecule has 2 heterocycles. The van der Waals surface area contributed by atoms with Crippen molar-refractivity contribution in [1.82, 2.24) is 15.1 Å². The lowest BCUT2D eigenvalue weighted by molar-refractivity contribution is -0.121. The summed E-state index contributed by atoms with van der Waals surface area (Å²) < 4.78 is 2.05. The van der Waals surface area contributed by atoms with Crippen LogP contribution >= 0.6 is 0 Å². The Kier molecular flexibility index (Phi) is 5.90. The first-order valence-corrected chi connectivity index (χ1v) is 9.62. The number of amides is 1. The van der Waals surface area contributed by atoms with Gasteiger partial charge in [-0.05, 0) is 18.4 Å². The van der Waals surface area contributed by atoms with Gasteiger partial charge in [0, 0.05) is 37.6 Å². The average molecular weight is 365 g/mol. The molecule has 3 rings (SSSR count). The van der Waals surface area contributed by atoms with Crippen molar-refractivity contribution in [2.75, 3.05) is 0 Å². The third-order valence-corrected chi connectivity index (χ3v) is 4.91. The van der Waals surface area contributed by atoms with Crippen LogP contribution in [0, 0.1) is 18.3 Å². The lowest BCUT2D eigenvalue weighted by atomic mass is 10.0. The fourth-order valence-corrected chi connectivity index (χ4v) is 3.13. The molecule has 1 aromatic carbocycles. The molecule has 1 amide bonds. The van der Waals surface area contributed by atoms with E-state index in [1.54, 1.807) is 0 Å². The Hall–Kier alpha value is -2.68. The Morgan fingerprint density at radius 3 is 2.78 bits per heavy atom. The summed E-state index contributed by atoms with van der Waals surface area (Å²) in [5.41, 5.74) is 1.62. The molecule has 6 nitrogen and oxygen atoms in total. The van der Waals surface area contributed by atoms with Gasteiger partial charge in [0.1, 0.15) is 0 Å². The minimum absolute atomic E-state index is 0.00630. The molecule has 27 heavy (non-hydrogen) atoms. The zero-order valence-electron chi connectivity index (χ0n) is 16.1. The molecular weight excluding hydrogens is 338 g/mol. The third kappa shape index (κ3) is 4.94. The van der Waals surface area contributed by atoms with Crippen molar-refractivity contribution in [3.8, 4) is 12.3 Å². The Bertz CT molecular complexity index is 868. The highest BCUT2D eigenvalue weighted by molar-refractivity contribution is 5.83. The van der Waals surface area contributed by atoms with Crippen molar-refractivity contribution in [2.45, 2.75) is 64.7 Å². The highest BCUT2D eigenvalue weighted by Crippen LogP contribution is 2.37. The van der Waals surface area contributed by atoms with Crippen LogP contribution in [0.1, 0.15) is 51.6 Å². The molecule has 1 aliphatic rings. The predicted octanol–water partition coefficient (Wildman–Crippen LogP) is 4.05. The van der Waals surface area contributed by atoms with Gasteiger partial charge in [-0.15, -0.1) is 12.3 Å². The number of hydrogen-bond acceptors (Lipinski definition) is 4. The van der Waals surface area contributed by atoms with E-state index in [-0.39, 0.29) is 5.91 Å². The molecule has 0 aliphatic carbocycles. The number of carbonyl (C=O) groups is 1. The number of benzene rings is 1. The van der Waals surface area contributed by atoms with Gasteiger partial charge in [-0.25, -0.2) is 0 Å². The minimum atomic E-state index is -0.408. The summed E-state index contributed by atoms with van der Waals surface area (Å²) in [6.45, 7) is 5.73. The van der Waals surface area contributed by atoms with Crippen molar-refractivity contribution in [1.29, 1.82) is 0 Å². The fraction of sp³-hybridized carbons (Fsp3) is 0.524. The number of terminal acetylenes is 1. The molecule has 0 fully saturated rings. The molecule has 0 atom stereocenters. The van der Waals surface area contributed by atoms with Crippen LogP contribution in [-0.4, -0.2) is 21.4 Å². The van der Waals surface area contributed by atoms with Crippen LogP contribution in [0.25, 0.3) is 10.9 Å². The van der Waals surface area contributed by atoms with Crippen molar-refractivity contribution >= 4 is 16.8 Å². The number of nitrogens with one attached hydrogen (secondary N) is 1. The lowest BCUT2D eigenvalue weighted by Gasteiger charge is -2.08. The minimum Gasteiger partial charge on any atom is -0.350 e. The van der Waals surface area contributed by atoms with Crippen LogP contribution in [0.5, 0.6) is 0 Å². The van der Waals surface area contributed by atoms with Gasteiger partial charge in [-0.3, -0.25) is 9.48 Å². The Morgan fingerprint density at radius 1 is 1.30 bits per heavy atom. The number of rotatable bonds is 10. The summed E-state index contributed by atoms with van der Waals surface area (Å²) in [6, 6.07) is 8.18. The standard InChI is InChI=1S/C21H27N5O/c1-4-5-12-21(24-25-21)13-10-20(27)22-15-18-17-8-6-7-9-19(17)26(23-18)14-11-16(2)3/h1,6-9,16H,5,10-15H2,2-3H3,(H,22,27). The molecular formula is C21H27N5O. The molecule has 0 saturated carbocycles. The average Bonchev–Trinajstić information content (AvgIpc) is 3.36. The molecule has 0 spiro atoms. The van der Waals surface area contributed by atoms with E-state index >= 15 is 0 Å². The monoisotopic (exact) mass is 365 g/mol. The Labute approximate surface area is 160 Å². The highest BCUT2D eigenvalue weighted by atomic mass is 16.1. The molecule has 0 saturated heterocycles. The smallest absolute Gasteiger partial charge is 0.220 e. The van der Waals surface area contributed by atoms with E-state index < -0.39 is 5.66 Å². The molecule has 1 aliphatic heterocycles. The van der Waals surface area contributed by atoms with E-state index in [0.717, 1.165) is 36.0 Å². The summed E-state index contributed by atoms with van der Waals surface area (Å²) in [6.07, 6.45) is 8.73. The highest BCUT2D eigenvalue weighted by Gasteiger charge is 2.39. The first kappa shape index (κ1) is 19.1. The van der Waals surface area contributed by atoms with Gasteiger partial charge < -0.3 is 5.32 Å². The fourth-order valence-electron chi connectivity index (χ4n) is 3.13. The van der Waals surface area contributed by atoms with Gasteiger partial charge in [-0.2, -0.15) is 15.3 Å². The lowest BCUT2D eigenvalue weighted by Crippen LogP contribution is -2.25. The first-order valence-electron chi connectivity index (χ1n) is 9.62. The second kappa shape index (κ2) is 8.34. The number of aryl methyl sites for hydroxylation is 1. The topological polar surface area (TPSA) is 71.6 Å². The van der Waals surface area contributed by atoms with Crippen LogP contribution in [0.4, 0.5) is 0 Å². The Morgan fingerprint density at radius 2 is 2.07 bits per heavy atom. The second-order valence-corrected chi connectivity index (χ2v) is 7.53. The van der Waals surface area contributed by atoms with Gasteiger partial charge in [0.2, 0.25) is 5.91 Å². The Balaban J connectivity index is 1.57. The van der Waals surface area contributed by atoms with E-state index in [9.17, 15) is 4.79 Å². The maximum Gasteiger partial charge on any atom is 0.220 e. The summed E-state index contributed by atoms with van der Waals surface area (Å²) in [7, 11) is 0. The van der Waals surface area contributed by atoms with E-state index in [4.69, 9.17) is 11.5 Å². The van der Waals surface area contributed by atoms with Gasteiger partial charge in [-0.1, -0.05) is 32.0 Å². The zero-order chi connectivity index (χ0) is 19.3. The summed E-state index contributed by atoms with van der Waals surface area (Å²) in [5, 5.41) is 17.0. The molecule has 1 N–H and O–H groups in total. The second-order valence-electron chi connectivity index (χ2n) is 7.53. The van der Waals surface area contributed by atoms with Crippen LogP contribution < -0.4 is 5.32 Å². The summed E-state index contributed by atoms with van der Waals surface area (Å²) in [5.74, 6) is 3.22. The quantitative estimate of drug-likeness (QED) is 0.645. The first-order chi connectivity index (χ1) is 13.0. The number of hydrogen-bond donors (Lipinski definition) is 1. The van der Waals surface area contributed by atoms with E-state index in [2.05, 4.69) is 47.4 Å². The maximum absolute atomic E-state index is 12.3. The van der Waals surface area contributed by atoms with Gasteiger partial charge in [0.25, 0.3) is 0 Å². The van der Waals surface area contributed by atoms with Crippen LogP contribution in [0.15, 0.2) is 34.5 Å². The number of nitrogens with zero attached hydrogens (tertiary/aromatic N) is 4. The predicted molar refractivity (Wildman–Crippen MR) is 106 cm³/mol. The van der Waals surface area contributed by atoms with Crippen molar-refractivity contribution in [3.05, 3.63) is 30.0 Å². The van der Waals surface area contributed by atoms with Crippen LogP contribution in [0.3, 0.4) is 0 Å². The van der Waals surface area contributed by atoms with Crippen molar-refractivity contribution in [2.24, 2.45) is 16.1 Å². The molecule has 0 radical (unpaired) electrons. The van der Waals surface area contributed by atoms with Gasteiger partial charge in [0.15, 0.2) is 5.66 Å². The summed E-state index contributed by atoms with van der Waals surface area (Å²) in [4.78, 5) is 12.3. The van der Waals surface area contributed by atoms with Crippen LogP contribution in [0.2, 0.25) is 0 Å². The molecule has 2 aromatic rings. The van der Waals surface area contributed by atoms with E-state index in [1.807, 2.05) is 16.8 Å². The number of para-hydroxylation sites is 1. The number of carbonyl (C=O) groups excluding carboxylic acids is 1. The maximum atomic E-state index is 12.3.